The van der Waals surface area contributed by atoms with Gasteiger partial charge in [0, 0.05) is 6.42 Å². The molecule has 17 heavy (non-hydrogen) atoms. The predicted molar refractivity (Wildman–Crippen MR) is 58.7 cm³/mol. The van der Waals surface area contributed by atoms with E-state index in [-0.39, 0.29) is 12.0 Å². The number of carbonyl (C=O) groups is 2. The van der Waals surface area contributed by atoms with E-state index in [0.29, 0.717) is 24.0 Å². The fraction of sp³-hybridized carbons (Fsp3) is 0.333. The highest BCUT2D eigenvalue weighted by atomic mass is 19.1. The second-order valence-electron chi connectivity index (χ2n) is 3.81. The molecule has 0 radical (unpaired) electrons. The quantitative estimate of drug-likeness (QED) is 0.827. The van der Waals surface area contributed by atoms with Crippen LogP contribution < -0.4 is 0 Å². The molecule has 0 heterocycles. The van der Waals surface area contributed by atoms with E-state index < -0.39 is 17.8 Å². The smallest absolute Gasteiger partial charge is 0.338 e. The van der Waals surface area contributed by atoms with E-state index in [1.165, 1.54) is 12.1 Å². The van der Waals surface area contributed by atoms with Gasteiger partial charge in [-0.15, -0.1) is 0 Å². The largest absolute Gasteiger partial charge is 0.481 e. The van der Waals surface area contributed by atoms with Gasteiger partial charge >= 0.3 is 11.9 Å². The molecule has 0 bridgehead atoms. The van der Waals surface area contributed by atoms with E-state index in [0.717, 1.165) is 0 Å². The minimum absolute atomic E-state index is 0.0131. The number of halogens is 1. The Kier molecular flexibility index (Phi) is 4.20. The summed E-state index contributed by atoms with van der Waals surface area (Å²) in [5.74, 6) is -2.98. The first-order valence-electron chi connectivity index (χ1n) is 5.16. The van der Waals surface area contributed by atoms with Crippen LogP contribution in [0.15, 0.2) is 12.1 Å². The fourth-order valence-corrected chi connectivity index (χ4v) is 1.58. The lowest BCUT2D eigenvalue weighted by Gasteiger charge is -2.07. The zero-order valence-corrected chi connectivity index (χ0v) is 9.36. The first kappa shape index (κ1) is 13.2. The lowest BCUT2D eigenvalue weighted by Crippen LogP contribution is -2.04. The average molecular weight is 240 g/mol. The molecule has 4 nitrogen and oxygen atoms in total. The SMILES string of the molecule is Cc1cc(F)c(C(=O)O)cc1CCCC(=O)O. The number of benzene rings is 1. The lowest BCUT2D eigenvalue weighted by molar-refractivity contribution is -0.137. The van der Waals surface area contributed by atoms with Crippen molar-refractivity contribution in [3.05, 3.63) is 34.6 Å². The van der Waals surface area contributed by atoms with Crippen LogP contribution in [0.5, 0.6) is 0 Å². The highest BCUT2D eigenvalue weighted by molar-refractivity contribution is 5.88. The van der Waals surface area contributed by atoms with Gasteiger partial charge in [-0.05, 0) is 43.0 Å². The summed E-state index contributed by atoms with van der Waals surface area (Å²) >= 11 is 0. The molecule has 0 atom stereocenters. The van der Waals surface area contributed by atoms with Crippen molar-refractivity contribution in [2.45, 2.75) is 26.2 Å². The molecule has 1 aromatic rings. The Balaban J connectivity index is 2.88. The molecule has 0 fully saturated rings. The third-order valence-electron chi connectivity index (χ3n) is 2.49. The van der Waals surface area contributed by atoms with Crippen LogP contribution >= 0.6 is 0 Å². The van der Waals surface area contributed by atoms with E-state index in [1.54, 1.807) is 6.92 Å². The van der Waals surface area contributed by atoms with Crippen LogP contribution in [0, 0.1) is 12.7 Å². The van der Waals surface area contributed by atoms with Crippen molar-refractivity contribution in [3.63, 3.8) is 0 Å². The Hall–Kier alpha value is -1.91. The molecule has 0 aliphatic heterocycles. The highest BCUT2D eigenvalue weighted by Crippen LogP contribution is 2.17. The number of rotatable bonds is 5. The summed E-state index contributed by atoms with van der Waals surface area (Å²) in [7, 11) is 0. The van der Waals surface area contributed by atoms with Crippen LogP contribution in [-0.4, -0.2) is 22.2 Å². The van der Waals surface area contributed by atoms with Crippen LogP contribution in [0.1, 0.15) is 34.3 Å². The maximum Gasteiger partial charge on any atom is 0.338 e. The van der Waals surface area contributed by atoms with Gasteiger partial charge in [-0.1, -0.05) is 0 Å². The minimum atomic E-state index is -1.32. The first-order valence-corrected chi connectivity index (χ1v) is 5.16. The summed E-state index contributed by atoms with van der Waals surface area (Å²) in [6.07, 6.45) is 0.846. The number of aliphatic carboxylic acids is 1. The summed E-state index contributed by atoms with van der Waals surface area (Å²) in [4.78, 5) is 21.1. The Bertz CT molecular complexity index is 454. The van der Waals surface area contributed by atoms with Gasteiger partial charge in [-0.2, -0.15) is 0 Å². The van der Waals surface area contributed by atoms with Crippen molar-refractivity contribution in [1.29, 1.82) is 0 Å². The van der Waals surface area contributed by atoms with Gasteiger partial charge in [0.15, 0.2) is 0 Å². The standard InChI is InChI=1S/C12H13FO4/c1-7-5-10(13)9(12(16)17)6-8(7)3-2-4-11(14)15/h5-6H,2-4H2,1H3,(H,14,15)(H,16,17). The van der Waals surface area contributed by atoms with Crippen LogP contribution in [0.3, 0.4) is 0 Å². The molecule has 0 unspecified atom stereocenters. The van der Waals surface area contributed by atoms with E-state index in [4.69, 9.17) is 10.2 Å². The molecule has 0 aromatic heterocycles. The van der Waals surface area contributed by atoms with Crippen molar-refractivity contribution in [3.8, 4) is 0 Å². The van der Waals surface area contributed by atoms with Crippen molar-refractivity contribution in [1.82, 2.24) is 0 Å². The number of hydrogen-bond acceptors (Lipinski definition) is 2. The van der Waals surface area contributed by atoms with Gasteiger partial charge in [0.2, 0.25) is 0 Å². The number of carboxylic acid groups (broad SMARTS) is 2. The van der Waals surface area contributed by atoms with E-state index in [9.17, 15) is 14.0 Å². The maximum atomic E-state index is 13.3. The van der Waals surface area contributed by atoms with E-state index in [2.05, 4.69) is 0 Å². The van der Waals surface area contributed by atoms with Crippen LogP contribution in [0.4, 0.5) is 4.39 Å². The molecule has 0 aliphatic rings. The van der Waals surface area contributed by atoms with Gasteiger partial charge in [-0.3, -0.25) is 4.79 Å². The van der Waals surface area contributed by atoms with Crippen molar-refractivity contribution < 1.29 is 24.2 Å². The Morgan fingerprint density at radius 1 is 1.29 bits per heavy atom. The summed E-state index contributed by atoms with van der Waals surface area (Å²) in [5.41, 5.74) is 0.934. The summed E-state index contributed by atoms with van der Waals surface area (Å²) in [6, 6.07) is 2.44. The van der Waals surface area contributed by atoms with Crippen LogP contribution in [0.25, 0.3) is 0 Å². The van der Waals surface area contributed by atoms with Gasteiger partial charge < -0.3 is 10.2 Å². The molecular formula is C12H13FO4. The topological polar surface area (TPSA) is 74.6 Å². The molecule has 92 valence electrons. The maximum absolute atomic E-state index is 13.3. The number of carboxylic acids is 2. The highest BCUT2D eigenvalue weighted by Gasteiger charge is 2.13. The predicted octanol–water partition coefficient (Wildman–Crippen LogP) is 2.24. The van der Waals surface area contributed by atoms with Gasteiger partial charge in [0.1, 0.15) is 5.82 Å². The third-order valence-corrected chi connectivity index (χ3v) is 2.49. The molecule has 0 amide bonds. The van der Waals surface area contributed by atoms with Gasteiger partial charge in [0.25, 0.3) is 0 Å². The second-order valence-corrected chi connectivity index (χ2v) is 3.81. The molecule has 2 N–H and O–H groups in total. The fourth-order valence-electron chi connectivity index (χ4n) is 1.58. The molecule has 5 heteroatoms. The molecule has 0 aliphatic carbocycles. The van der Waals surface area contributed by atoms with Crippen molar-refractivity contribution in [2.75, 3.05) is 0 Å². The third kappa shape index (κ3) is 3.55. The number of aromatic carboxylic acids is 1. The molecule has 0 saturated carbocycles. The number of hydrogen-bond donors (Lipinski definition) is 2. The van der Waals surface area contributed by atoms with E-state index in [1.807, 2.05) is 0 Å². The molecule has 0 saturated heterocycles. The zero-order chi connectivity index (χ0) is 13.0. The van der Waals surface area contributed by atoms with Gasteiger partial charge in [-0.25, -0.2) is 9.18 Å². The van der Waals surface area contributed by atoms with Crippen molar-refractivity contribution in [2.24, 2.45) is 0 Å². The number of aryl methyl sites for hydroxylation is 2. The first-order chi connectivity index (χ1) is 7.91. The summed E-state index contributed by atoms with van der Waals surface area (Å²) < 4.78 is 13.3. The monoisotopic (exact) mass is 240 g/mol. The summed E-state index contributed by atoms with van der Waals surface area (Å²) in [5, 5.41) is 17.3. The second kappa shape index (κ2) is 5.43. The minimum Gasteiger partial charge on any atom is -0.481 e. The Morgan fingerprint density at radius 3 is 2.47 bits per heavy atom. The van der Waals surface area contributed by atoms with Crippen molar-refractivity contribution >= 4 is 11.9 Å². The Labute approximate surface area is 97.7 Å². The zero-order valence-electron chi connectivity index (χ0n) is 9.36. The van der Waals surface area contributed by atoms with Gasteiger partial charge in [0.05, 0.1) is 5.56 Å². The molecule has 1 rings (SSSR count). The normalized spacial score (nSPS) is 10.2. The average Bonchev–Trinajstić information content (AvgIpc) is 2.20. The lowest BCUT2D eigenvalue weighted by atomic mass is 9.99. The van der Waals surface area contributed by atoms with E-state index >= 15 is 0 Å². The molecule has 1 aromatic carbocycles. The van der Waals surface area contributed by atoms with Crippen LogP contribution in [0.2, 0.25) is 0 Å². The molecular weight excluding hydrogens is 227 g/mol. The van der Waals surface area contributed by atoms with Crippen LogP contribution in [-0.2, 0) is 11.2 Å². The molecule has 0 spiro atoms. The Morgan fingerprint density at radius 2 is 1.94 bits per heavy atom. The summed E-state index contributed by atoms with van der Waals surface area (Å²) in [6.45, 7) is 1.67.